The Bertz CT molecular complexity index is 690. The van der Waals surface area contributed by atoms with Crippen LogP contribution in [0, 0.1) is 5.82 Å². The fourth-order valence-corrected chi connectivity index (χ4v) is 2.72. The number of amides is 1. The molecule has 0 saturated carbocycles. The summed E-state index contributed by atoms with van der Waals surface area (Å²) in [7, 11) is 0. The van der Waals surface area contributed by atoms with Gasteiger partial charge in [0.25, 0.3) is 0 Å². The van der Waals surface area contributed by atoms with Gasteiger partial charge >= 0.3 is 0 Å². The molecule has 2 aromatic carbocycles. The zero-order valence-electron chi connectivity index (χ0n) is 11.2. The normalized spacial score (nSPS) is 17.1. The highest BCUT2D eigenvalue weighted by atomic mass is 35.5. The number of carbonyl (C=O) groups is 1. The number of halogens is 2. The van der Waals surface area contributed by atoms with Gasteiger partial charge in [0.15, 0.2) is 5.82 Å². The Morgan fingerprint density at radius 2 is 2.05 bits per heavy atom. The third-order valence-corrected chi connectivity index (χ3v) is 3.87. The van der Waals surface area contributed by atoms with Crippen LogP contribution in [0.25, 0.3) is 0 Å². The number of hydrogen-bond acceptors (Lipinski definition) is 2. The second kappa shape index (κ2) is 5.84. The summed E-state index contributed by atoms with van der Waals surface area (Å²) >= 11 is 5.72. The van der Waals surface area contributed by atoms with Crippen molar-refractivity contribution in [3.05, 3.63) is 64.4 Å². The molecule has 1 aliphatic heterocycles. The Morgan fingerprint density at radius 1 is 1.24 bits per heavy atom. The molecule has 1 unspecified atom stereocenters. The van der Waals surface area contributed by atoms with Crippen LogP contribution in [-0.4, -0.2) is 12.5 Å². The highest BCUT2D eigenvalue weighted by Crippen LogP contribution is 2.26. The van der Waals surface area contributed by atoms with E-state index in [4.69, 9.17) is 11.6 Å². The van der Waals surface area contributed by atoms with Crippen molar-refractivity contribution in [3.63, 3.8) is 0 Å². The van der Waals surface area contributed by atoms with Crippen LogP contribution in [0.15, 0.2) is 42.5 Å². The smallest absolute Gasteiger partial charge is 0.246 e. The molecule has 3 nitrogen and oxygen atoms in total. The van der Waals surface area contributed by atoms with Gasteiger partial charge in [0, 0.05) is 6.54 Å². The SMILES string of the molecule is O=C(Nc1cccc(Cl)c1F)C1NCCc2ccccc21. The first-order valence-corrected chi connectivity index (χ1v) is 7.10. The van der Waals surface area contributed by atoms with Gasteiger partial charge in [-0.1, -0.05) is 41.9 Å². The van der Waals surface area contributed by atoms with Crippen LogP contribution in [0.3, 0.4) is 0 Å². The maximum atomic E-state index is 13.9. The third kappa shape index (κ3) is 2.77. The molecule has 2 aromatic rings. The minimum atomic E-state index is -0.614. The monoisotopic (exact) mass is 304 g/mol. The fraction of sp³-hybridized carbons (Fsp3) is 0.188. The molecule has 1 aliphatic rings. The van der Waals surface area contributed by atoms with E-state index in [1.54, 1.807) is 6.07 Å². The van der Waals surface area contributed by atoms with Crippen LogP contribution in [0.5, 0.6) is 0 Å². The van der Waals surface area contributed by atoms with Gasteiger partial charge in [-0.15, -0.1) is 0 Å². The summed E-state index contributed by atoms with van der Waals surface area (Å²) < 4.78 is 13.9. The van der Waals surface area contributed by atoms with Gasteiger partial charge in [-0.2, -0.15) is 0 Å². The maximum Gasteiger partial charge on any atom is 0.246 e. The van der Waals surface area contributed by atoms with Gasteiger partial charge < -0.3 is 10.6 Å². The van der Waals surface area contributed by atoms with E-state index in [1.165, 1.54) is 12.1 Å². The Balaban J connectivity index is 1.85. The zero-order valence-corrected chi connectivity index (χ0v) is 12.0. The molecule has 0 radical (unpaired) electrons. The summed E-state index contributed by atoms with van der Waals surface area (Å²) in [6, 6.07) is 11.8. The Morgan fingerprint density at radius 3 is 2.90 bits per heavy atom. The molecule has 2 N–H and O–H groups in total. The summed E-state index contributed by atoms with van der Waals surface area (Å²) in [6.07, 6.45) is 0.880. The van der Waals surface area contributed by atoms with Crippen molar-refractivity contribution in [2.45, 2.75) is 12.5 Å². The van der Waals surface area contributed by atoms with Gasteiger partial charge in [-0.25, -0.2) is 4.39 Å². The van der Waals surface area contributed by atoms with Crippen LogP contribution in [0.2, 0.25) is 5.02 Å². The molecule has 0 saturated heterocycles. The lowest BCUT2D eigenvalue weighted by Crippen LogP contribution is -2.38. The second-order valence-corrected chi connectivity index (χ2v) is 5.33. The van der Waals surface area contributed by atoms with Gasteiger partial charge in [-0.05, 0) is 29.7 Å². The Hall–Kier alpha value is -1.91. The number of hydrogen-bond donors (Lipinski definition) is 2. The first-order chi connectivity index (χ1) is 10.2. The summed E-state index contributed by atoms with van der Waals surface area (Å²) in [6.45, 7) is 0.715. The van der Waals surface area contributed by atoms with E-state index < -0.39 is 11.9 Å². The van der Waals surface area contributed by atoms with Crippen molar-refractivity contribution < 1.29 is 9.18 Å². The van der Waals surface area contributed by atoms with Crippen molar-refractivity contribution in [1.82, 2.24) is 5.32 Å². The van der Waals surface area contributed by atoms with Crippen LogP contribution in [-0.2, 0) is 11.2 Å². The van der Waals surface area contributed by atoms with Crippen LogP contribution < -0.4 is 10.6 Å². The Labute approximate surface area is 127 Å². The first-order valence-electron chi connectivity index (χ1n) is 6.73. The number of anilines is 1. The number of fused-ring (bicyclic) bond motifs is 1. The Kier molecular flexibility index (Phi) is 3.90. The molecule has 21 heavy (non-hydrogen) atoms. The topological polar surface area (TPSA) is 41.1 Å². The average molecular weight is 305 g/mol. The molecule has 0 aliphatic carbocycles. The van der Waals surface area contributed by atoms with Crippen molar-refractivity contribution in [1.29, 1.82) is 0 Å². The van der Waals surface area contributed by atoms with E-state index in [0.717, 1.165) is 17.5 Å². The molecule has 3 rings (SSSR count). The third-order valence-electron chi connectivity index (χ3n) is 3.58. The number of benzene rings is 2. The second-order valence-electron chi connectivity index (χ2n) is 4.93. The highest BCUT2D eigenvalue weighted by Gasteiger charge is 2.26. The van der Waals surface area contributed by atoms with E-state index in [2.05, 4.69) is 10.6 Å². The molecular weight excluding hydrogens is 291 g/mol. The average Bonchev–Trinajstić information content (AvgIpc) is 2.51. The van der Waals surface area contributed by atoms with Crippen molar-refractivity contribution in [3.8, 4) is 0 Å². The molecule has 0 aromatic heterocycles. The van der Waals surface area contributed by atoms with Gasteiger partial charge in [-0.3, -0.25) is 4.79 Å². The summed E-state index contributed by atoms with van der Waals surface area (Å²) in [5.74, 6) is -0.903. The summed E-state index contributed by atoms with van der Waals surface area (Å²) in [5, 5.41) is 5.75. The summed E-state index contributed by atoms with van der Waals surface area (Å²) in [5.41, 5.74) is 2.17. The van der Waals surface area contributed by atoms with Gasteiger partial charge in [0.05, 0.1) is 10.7 Å². The standard InChI is InChI=1S/C16H14ClFN2O/c17-12-6-3-7-13(14(12)18)20-16(21)15-11-5-2-1-4-10(11)8-9-19-15/h1-7,15,19H,8-9H2,(H,20,21). The minimum Gasteiger partial charge on any atom is -0.322 e. The van der Waals surface area contributed by atoms with E-state index in [1.807, 2.05) is 24.3 Å². The molecule has 108 valence electrons. The number of rotatable bonds is 2. The number of carbonyl (C=O) groups excluding carboxylic acids is 1. The van der Waals surface area contributed by atoms with Crippen molar-refractivity contribution in [2.75, 3.05) is 11.9 Å². The molecule has 5 heteroatoms. The predicted octanol–water partition coefficient (Wildman–Crippen LogP) is 3.30. The maximum absolute atomic E-state index is 13.9. The summed E-state index contributed by atoms with van der Waals surface area (Å²) in [4.78, 5) is 12.4. The zero-order chi connectivity index (χ0) is 14.8. The molecule has 0 fully saturated rings. The van der Waals surface area contributed by atoms with Crippen molar-refractivity contribution in [2.24, 2.45) is 0 Å². The lowest BCUT2D eigenvalue weighted by atomic mass is 9.94. The van der Waals surface area contributed by atoms with Crippen LogP contribution in [0.4, 0.5) is 10.1 Å². The first kappa shape index (κ1) is 14.0. The lowest BCUT2D eigenvalue weighted by molar-refractivity contribution is -0.118. The lowest BCUT2D eigenvalue weighted by Gasteiger charge is -2.26. The van der Waals surface area contributed by atoms with Crippen LogP contribution in [0.1, 0.15) is 17.2 Å². The fourth-order valence-electron chi connectivity index (χ4n) is 2.54. The van der Waals surface area contributed by atoms with Gasteiger partial charge in [0.1, 0.15) is 6.04 Å². The molecule has 0 spiro atoms. The molecule has 1 atom stereocenters. The molecule has 1 heterocycles. The van der Waals surface area contributed by atoms with Crippen LogP contribution >= 0.6 is 11.6 Å². The van der Waals surface area contributed by atoms with E-state index in [0.29, 0.717) is 6.54 Å². The van der Waals surface area contributed by atoms with E-state index >= 15 is 0 Å². The number of nitrogens with one attached hydrogen (secondary N) is 2. The van der Waals surface area contributed by atoms with E-state index in [9.17, 15) is 9.18 Å². The largest absolute Gasteiger partial charge is 0.322 e. The molecule has 1 amide bonds. The van der Waals surface area contributed by atoms with Gasteiger partial charge in [0.2, 0.25) is 5.91 Å². The quantitative estimate of drug-likeness (QED) is 0.894. The molecular formula is C16H14ClFN2O. The highest BCUT2D eigenvalue weighted by molar-refractivity contribution is 6.31. The molecule has 0 bridgehead atoms. The minimum absolute atomic E-state index is 0.00944. The van der Waals surface area contributed by atoms with E-state index in [-0.39, 0.29) is 16.6 Å². The van der Waals surface area contributed by atoms with Crippen molar-refractivity contribution >= 4 is 23.2 Å². The predicted molar refractivity (Wildman–Crippen MR) is 80.9 cm³/mol.